The van der Waals surface area contributed by atoms with Crippen molar-refractivity contribution in [1.82, 2.24) is 4.90 Å². The average Bonchev–Trinajstić information content (AvgIpc) is 2.52. The van der Waals surface area contributed by atoms with Gasteiger partial charge in [-0.25, -0.2) is 4.79 Å². The smallest absolute Gasteiger partial charge is 0.410 e. The molecule has 2 N–H and O–H groups in total. The van der Waals surface area contributed by atoms with Crippen molar-refractivity contribution >= 4 is 6.09 Å². The van der Waals surface area contributed by atoms with Crippen LogP contribution in [0.3, 0.4) is 0 Å². The van der Waals surface area contributed by atoms with Crippen LogP contribution in [0.1, 0.15) is 47.0 Å². The molecule has 0 saturated carbocycles. The van der Waals surface area contributed by atoms with Crippen LogP contribution in [0.25, 0.3) is 0 Å². The molecule has 1 saturated heterocycles. The predicted octanol–water partition coefficient (Wildman–Crippen LogP) is 2.14. The lowest BCUT2D eigenvalue weighted by Gasteiger charge is -2.26. The van der Waals surface area contributed by atoms with Crippen molar-refractivity contribution < 1.29 is 14.3 Å². The monoisotopic (exact) mass is 272 g/mol. The average molecular weight is 272 g/mol. The third kappa shape index (κ3) is 6.25. The summed E-state index contributed by atoms with van der Waals surface area (Å²) in [5.41, 5.74) is 5.13. The van der Waals surface area contributed by atoms with Crippen molar-refractivity contribution in [2.45, 2.75) is 64.8 Å². The van der Waals surface area contributed by atoms with Crippen molar-refractivity contribution in [2.24, 2.45) is 5.73 Å². The first-order valence-corrected chi connectivity index (χ1v) is 7.15. The lowest BCUT2D eigenvalue weighted by atomic mass is 10.1. The van der Waals surface area contributed by atoms with Crippen LogP contribution in [0.4, 0.5) is 4.79 Å². The lowest BCUT2D eigenvalue weighted by molar-refractivity contribution is -0.00578. The summed E-state index contributed by atoms with van der Waals surface area (Å²) in [6.45, 7) is 9.61. The van der Waals surface area contributed by atoms with E-state index in [2.05, 4.69) is 0 Å². The molecule has 0 bridgehead atoms. The molecule has 1 aliphatic heterocycles. The molecule has 19 heavy (non-hydrogen) atoms. The van der Waals surface area contributed by atoms with Gasteiger partial charge in [0, 0.05) is 19.6 Å². The molecular weight excluding hydrogens is 244 g/mol. The Balaban J connectivity index is 2.43. The summed E-state index contributed by atoms with van der Waals surface area (Å²) in [5.74, 6) is 0. The Labute approximate surface area is 116 Å². The number of likely N-dealkylation sites (tertiary alicyclic amines) is 1. The first kappa shape index (κ1) is 16.2. The van der Waals surface area contributed by atoms with Crippen molar-refractivity contribution in [2.75, 3.05) is 19.6 Å². The molecule has 0 aromatic heterocycles. The van der Waals surface area contributed by atoms with E-state index in [-0.39, 0.29) is 18.3 Å². The van der Waals surface area contributed by atoms with Gasteiger partial charge in [-0.15, -0.1) is 0 Å². The molecule has 1 amide bonds. The van der Waals surface area contributed by atoms with E-state index in [9.17, 15) is 4.79 Å². The molecule has 2 atom stereocenters. The zero-order valence-corrected chi connectivity index (χ0v) is 12.6. The normalized spacial score (nSPS) is 22.8. The molecule has 1 fully saturated rings. The maximum atomic E-state index is 12.0. The molecule has 5 heteroatoms. The number of nitrogens with two attached hydrogens (primary N) is 1. The first-order valence-electron chi connectivity index (χ1n) is 7.15. The van der Waals surface area contributed by atoms with Crippen LogP contribution < -0.4 is 5.73 Å². The SMILES string of the molecule is CC(CN)OC1CCCN(C(=O)OC(C)(C)C)CC1. The van der Waals surface area contributed by atoms with Gasteiger partial charge in [0.1, 0.15) is 5.60 Å². The van der Waals surface area contributed by atoms with Gasteiger partial charge in [-0.2, -0.15) is 0 Å². The van der Waals surface area contributed by atoms with Crippen molar-refractivity contribution in [3.05, 3.63) is 0 Å². The maximum Gasteiger partial charge on any atom is 0.410 e. The number of carbonyl (C=O) groups excluding carboxylic acids is 1. The van der Waals surface area contributed by atoms with Gasteiger partial charge in [0.15, 0.2) is 0 Å². The lowest BCUT2D eigenvalue weighted by Crippen LogP contribution is -2.37. The summed E-state index contributed by atoms with van der Waals surface area (Å²) in [6, 6.07) is 0. The number of nitrogens with zero attached hydrogens (tertiary/aromatic N) is 1. The number of hydrogen-bond donors (Lipinski definition) is 1. The highest BCUT2D eigenvalue weighted by Crippen LogP contribution is 2.18. The van der Waals surface area contributed by atoms with Gasteiger partial charge in [0.25, 0.3) is 0 Å². The molecule has 0 aromatic rings. The quantitative estimate of drug-likeness (QED) is 0.855. The summed E-state index contributed by atoms with van der Waals surface area (Å²) < 4.78 is 11.2. The van der Waals surface area contributed by atoms with Gasteiger partial charge >= 0.3 is 6.09 Å². The van der Waals surface area contributed by atoms with Crippen LogP contribution in [0.5, 0.6) is 0 Å². The molecule has 112 valence electrons. The summed E-state index contributed by atoms with van der Waals surface area (Å²) in [7, 11) is 0. The van der Waals surface area contributed by atoms with E-state index in [0.717, 1.165) is 25.8 Å². The maximum absolute atomic E-state index is 12.0. The minimum atomic E-state index is -0.437. The van der Waals surface area contributed by atoms with Crippen LogP contribution in [-0.2, 0) is 9.47 Å². The van der Waals surface area contributed by atoms with Crippen LogP contribution in [0.2, 0.25) is 0 Å². The topological polar surface area (TPSA) is 64.8 Å². The molecule has 0 radical (unpaired) electrons. The molecule has 5 nitrogen and oxygen atoms in total. The zero-order valence-electron chi connectivity index (χ0n) is 12.6. The second-order valence-electron chi connectivity index (χ2n) is 6.20. The Bertz CT molecular complexity index is 289. The summed E-state index contributed by atoms with van der Waals surface area (Å²) >= 11 is 0. The second-order valence-corrected chi connectivity index (χ2v) is 6.20. The fourth-order valence-corrected chi connectivity index (χ4v) is 2.10. The molecular formula is C14H28N2O3. The summed E-state index contributed by atoms with van der Waals surface area (Å²) in [6.07, 6.45) is 2.83. The van der Waals surface area contributed by atoms with E-state index < -0.39 is 5.60 Å². The Kier molecular flexibility index (Phi) is 6.07. The van der Waals surface area contributed by atoms with E-state index in [1.807, 2.05) is 27.7 Å². The fourth-order valence-electron chi connectivity index (χ4n) is 2.10. The molecule has 2 unspecified atom stereocenters. The highest BCUT2D eigenvalue weighted by atomic mass is 16.6. The van der Waals surface area contributed by atoms with Gasteiger partial charge in [-0.1, -0.05) is 0 Å². The van der Waals surface area contributed by atoms with Crippen molar-refractivity contribution in [1.29, 1.82) is 0 Å². The number of carbonyl (C=O) groups is 1. The Morgan fingerprint density at radius 3 is 2.63 bits per heavy atom. The fraction of sp³-hybridized carbons (Fsp3) is 0.929. The molecule has 0 aliphatic carbocycles. The third-order valence-electron chi connectivity index (χ3n) is 3.08. The Morgan fingerprint density at radius 2 is 2.05 bits per heavy atom. The van der Waals surface area contributed by atoms with E-state index in [0.29, 0.717) is 13.1 Å². The van der Waals surface area contributed by atoms with Gasteiger partial charge < -0.3 is 20.1 Å². The largest absolute Gasteiger partial charge is 0.444 e. The van der Waals surface area contributed by atoms with Gasteiger partial charge in [0.05, 0.1) is 12.2 Å². The van der Waals surface area contributed by atoms with Crippen LogP contribution in [-0.4, -0.2) is 48.4 Å². The molecule has 1 rings (SSSR count). The molecule has 0 spiro atoms. The van der Waals surface area contributed by atoms with Gasteiger partial charge in [0.2, 0.25) is 0 Å². The first-order chi connectivity index (χ1) is 8.81. The number of hydrogen-bond acceptors (Lipinski definition) is 4. The van der Waals surface area contributed by atoms with E-state index in [1.54, 1.807) is 4.90 Å². The highest BCUT2D eigenvalue weighted by molar-refractivity contribution is 5.68. The molecule has 1 heterocycles. The standard InChI is InChI=1S/C14H28N2O3/c1-11(10-15)18-12-6-5-8-16(9-7-12)13(17)19-14(2,3)4/h11-12H,5-10,15H2,1-4H3. The number of amides is 1. The Hall–Kier alpha value is -0.810. The highest BCUT2D eigenvalue weighted by Gasteiger charge is 2.25. The van der Waals surface area contributed by atoms with Crippen LogP contribution in [0, 0.1) is 0 Å². The minimum Gasteiger partial charge on any atom is -0.444 e. The predicted molar refractivity (Wildman–Crippen MR) is 75.0 cm³/mol. The van der Waals surface area contributed by atoms with Crippen LogP contribution >= 0.6 is 0 Å². The van der Waals surface area contributed by atoms with Gasteiger partial charge in [-0.05, 0) is 47.0 Å². The van der Waals surface area contributed by atoms with E-state index >= 15 is 0 Å². The second kappa shape index (κ2) is 7.10. The van der Waals surface area contributed by atoms with Crippen molar-refractivity contribution in [3.63, 3.8) is 0 Å². The number of rotatable bonds is 3. The van der Waals surface area contributed by atoms with E-state index in [4.69, 9.17) is 15.2 Å². The molecule has 0 aromatic carbocycles. The van der Waals surface area contributed by atoms with E-state index in [1.165, 1.54) is 0 Å². The van der Waals surface area contributed by atoms with Gasteiger partial charge in [-0.3, -0.25) is 0 Å². The zero-order chi connectivity index (χ0) is 14.5. The molecule has 1 aliphatic rings. The minimum absolute atomic E-state index is 0.0816. The summed E-state index contributed by atoms with van der Waals surface area (Å²) in [5, 5.41) is 0. The van der Waals surface area contributed by atoms with Crippen molar-refractivity contribution in [3.8, 4) is 0 Å². The van der Waals surface area contributed by atoms with Crippen LogP contribution in [0.15, 0.2) is 0 Å². The Morgan fingerprint density at radius 1 is 1.37 bits per heavy atom. The summed E-state index contributed by atoms with van der Waals surface area (Å²) in [4.78, 5) is 13.8. The number of ether oxygens (including phenoxy) is 2. The third-order valence-corrected chi connectivity index (χ3v) is 3.08.